The van der Waals surface area contributed by atoms with Gasteiger partial charge in [-0.05, 0) is 12.8 Å². The number of phosphoric acid groups is 1. The molecule has 0 aliphatic carbocycles. The average Bonchev–Trinajstić information content (AvgIpc) is 3.49. The molecule has 0 radical (unpaired) electrons. The van der Waals surface area contributed by atoms with Gasteiger partial charge in [-0.15, -0.1) is 0 Å². The molecule has 12 heteroatoms. The molecule has 0 bridgehead atoms. The molecule has 1 rings (SSSR count). The van der Waals surface area contributed by atoms with Crippen molar-refractivity contribution in [2.24, 2.45) is 0 Å². The van der Waals surface area contributed by atoms with E-state index in [1.165, 1.54) is 141 Å². The number of hydrogen-bond donors (Lipinski definition) is 3. The van der Waals surface area contributed by atoms with Crippen LogP contribution in [0.15, 0.2) is 0 Å². The Balaban J connectivity index is 2.64. The third-order valence-corrected chi connectivity index (χ3v) is 12.4. The number of likely N-dealkylation sites (N-methyl/N-ethyl adjacent to an activating group) is 1. The molecule has 1 heterocycles. The van der Waals surface area contributed by atoms with Gasteiger partial charge in [0, 0.05) is 6.42 Å². The van der Waals surface area contributed by atoms with Crippen LogP contribution in [0.1, 0.15) is 213 Å². The Bertz CT molecular complexity index is 1000. The Hall–Kier alpha value is -0.620. The standard InChI is InChI=1S/C46H93N2O9P/c1-6-8-10-12-14-16-18-20-21-22-24-26-28-30-32-34-36-44(50)47-41(39-56-58(52,53)55-38-37-48(3,4)5)43(57-46-45(51)42(49)40-54-46)35-33-31-29-27-25-23-19-17-15-13-11-9-7-2/h41-43,45-46,49,51H,6-40H2,1-5H3,(H-,47,50,52,53)/t41?,42-,43?,45-,46-/m1/s1. The molecular formula is C46H93N2O9P. The second-order valence-corrected chi connectivity index (χ2v) is 19.7. The Morgan fingerprint density at radius 2 is 1.10 bits per heavy atom. The van der Waals surface area contributed by atoms with Crippen molar-refractivity contribution < 1.29 is 47.5 Å². The zero-order valence-electron chi connectivity index (χ0n) is 38.3. The van der Waals surface area contributed by atoms with Gasteiger partial charge in [0.25, 0.3) is 7.82 Å². The lowest BCUT2D eigenvalue weighted by Crippen LogP contribution is -2.50. The van der Waals surface area contributed by atoms with Gasteiger partial charge in [-0.1, -0.05) is 194 Å². The third-order valence-electron chi connectivity index (χ3n) is 11.5. The van der Waals surface area contributed by atoms with Crippen LogP contribution in [0.2, 0.25) is 0 Å². The van der Waals surface area contributed by atoms with E-state index in [0.717, 1.165) is 44.9 Å². The van der Waals surface area contributed by atoms with E-state index in [1.54, 1.807) is 0 Å². The number of nitrogens with zero attached hydrogens (tertiary/aromatic N) is 1. The molecule has 3 N–H and O–H groups in total. The molecule has 0 aromatic rings. The second-order valence-electron chi connectivity index (χ2n) is 18.3. The molecule has 346 valence electrons. The van der Waals surface area contributed by atoms with Gasteiger partial charge in [0.05, 0.1) is 46.5 Å². The summed E-state index contributed by atoms with van der Waals surface area (Å²) < 4.78 is 35.7. The van der Waals surface area contributed by atoms with Crippen molar-refractivity contribution in [3.05, 3.63) is 0 Å². The summed E-state index contributed by atoms with van der Waals surface area (Å²) >= 11 is 0. The minimum atomic E-state index is -4.68. The van der Waals surface area contributed by atoms with Gasteiger partial charge >= 0.3 is 0 Å². The van der Waals surface area contributed by atoms with E-state index in [1.807, 2.05) is 21.1 Å². The van der Waals surface area contributed by atoms with Crippen LogP contribution in [-0.4, -0.2) is 98.8 Å². The smallest absolute Gasteiger partial charge is 0.268 e. The number of rotatable bonds is 42. The highest BCUT2D eigenvalue weighted by molar-refractivity contribution is 7.45. The van der Waals surface area contributed by atoms with Crippen molar-refractivity contribution in [2.75, 3.05) is 47.5 Å². The number of aliphatic hydroxyl groups excluding tert-OH is 2. The summed E-state index contributed by atoms with van der Waals surface area (Å²) in [6.07, 6.45) is 32.5. The van der Waals surface area contributed by atoms with Crippen molar-refractivity contribution in [3.63, 3.8) is 0 Å². The van der Waals surface area contributed by atoms with E-state index in [-0.39, 0.29) is 25.7 Å². The first-order valence-electron chi connectivity index (χ1n) is 24.2. The summed E-state index contributed by atoms with van der Waals surface area (Å²) in [6.45, 7) is 4.52. The quantitative estimate of drug-likeness (QED) is 0.0310. The van der Waals surface area contributed by atoms with Crippen molar-refractivity contribution in [2.45, 2.75) is 244 Å². The van der Waals surface area contributed by atoms with Crippen molar-refractivity contribution in [1.82, 2.24) is 5.32 Å². The summed E-state index contributed by atoms with van der Waals surface area (Å²) in [6, 6.07) is -0.830. The van der Waals surface area contributed by atoms with Crippen molar-refractivity contribution in [3.8, 4) is 0 Å². The normalized spacial score (nSPS) is 19.3. The molecule has 1 aliphatic heterocycles. The number of quaternary nitrogens is 1. The fourth-order valence-corrected chi connectivity index (χ4v) is 8.30. The Morgan fingerprint density at radius 1 is 0.690 bits per heavy atom. The number of phosphoric ester groups is 1. The van der Waals surface area contributed by atoms with E-state index in [9.17, 15) is 24.5 Å². The van der Waals surface area contributed by atoms with Gasteiger partial charge in [0.1, 0.15) is 25.4 Å². The lowest BCUT2D eigenvalue weighted by Gasteiger charge is -2.33. The first-order chi connectivity index (χ1) is 27.9. The van der Waals surface area contributed by atoms with Gasteiger partial charge in [-0.25, -0.2) is 0 Å². The molecule has 0 aromatic carbocycles. The van der Waals surface area contributed by atoms with Crippen LogP contribution in [0.25, 0.3) is 0 Å². The lowest BCUT2D eigenvalue weighted by molar-refractivity contribution is -0.870. The number of unbranched alkanes of at least 4 members (excludes halogenated alkanes) is 27. The van der Waals surface area contributed by atoms with E-state index in [2.05, 4.69) is 19.2 Å². The van der Waals surface area contributed by atoms with E-state index < -0.39 is 38.5 Å². The van der Waals surface area contributed by atoms with Crippen LogP contribution in [0.4, 0.5) is 0 Å². The van der Waals surface area contributed by atoms with Crippen LogP contribution < -0.4 is 10.2 Å². The molecule has 1 saturated heterocycles. The fourth-order valence-electron chi connectivity index (χ4n) is 7.58. The fraction of sp³-hybridized carbons (Fsp3) is 0.978. The number of aliphatic hydroxyl groups is 2. The number of carbonyl (C=O) groups excluding carboxylic acids is 1. The highest BCUT2D eigenvalue weighted by Gasteiger charge is 2.39. The Kier molecular flexibility index (Phi) is 34.3. The number of amides is 1. The van der Waals surface area contributed by atoms with E-state index >= 15 is 0 Å². The van der Waals surface area contributed by atoms with Crippen LogP contribution in [-0.2, 0) is 27.9 Å². The summed E-state index contributed by atoms with van der Waals surface area (Å²) in [4.78, 5) is 26.1. The molecule has 6 atom stereocenters. The minimum Gasteiger partial charge on any atom is -0.756 e. The number of hydrogen-bond acceptors (Lipinski definition) is 9. The van der Waals surface area contributed by atoms with E-state index in [0.29, 0.717) is 23.9 Å². The first-order valence-corrected chi connectivity index (χ1v) is 25.7. The molecule has 58 heavy (non-hydrogen) atoms. The molecule has 1 amide bonds. The molecule has 3 unspecified atom stereocenters. The molecule has 1 fully saturated rings. The molecule has 0 saturated carbocycles. The zero-order valence-corrected chi connectivity index (χ0v) is 39.2. The second kappa shape index (κ2) is 35.9. The predicted molar refractivity (Wildman–Crippen MR) is 235 cm³/mol. The van der Waals surface area contributed by atoms with Crippen LogP contribution in [0.5, 0.6) is 0 Å². The Labute approximate surface area is 356 Å². The summed E-state index contributed by atoms with van der Waals surface area (Å²) in [7, 11) is 1.16. The molecule has 11 nitrogen and oxygen atoms in total. The maximum Gasteiger partial charge on any atom is 0.268 e. The highest BCUT2D eigenvalue weighted by atomic mass is 31.2. The van der Waals surface area contributed by atoms with Crippen LogP contribution in [0.3, 0.4) is 0 Å². The SMILES string of the molecule is CCCCCCCCCCCCCCCCCCC(=O)NC(COP(=O)([O-])OCC[N+](C)(C)C)C(CCCCCCCCCCCCCCC)O[C@H]1OC[C@@H](O)[C@H]1O. The van der Waals surface area contributed by atoms with Crippen LogP contribution >= 0.6 is 7.82 Å². The van der Waals surface area contributed by atoms with Gasteiger partial charge in [-0.2, -0.15) is 0 Å². The third kappa shape index (κ3) is 32.1. The van der Waals surface area contributed by atoms with E-state index in [4.69, 9.17) is 18.5 Å². The predicted octanol–water partition coefficient (Wildman–Crippen LogP) is 10.3. The largest absolute Gasteiger partial charge is 0.756 e. The molecule has 1 aliphatic rings. The number of nitrogens with one attached hydrogen (secondary N) is 1. The zero-order chi connectivity index (χ0) is 42.7. The lowest BCUT2D eigenvalue weighted by atomic mass is 10.0. The summed E-state index contributed by atoms with van der Waals surface area (Å²) in [5, 5.41) is 23.7. The average molecular weight is 849 g/mol. The number of ether oxygens (including phenoxy) is 2. The van der Waals surface area contributed by atoms with Crippen molar-refractivity contribution in [1.29, 1.82) is 0 Å². The van der Waals surface area contributed by atoms with Crippen molar-refractivity contribution >= 4 is 13.7 Å². The molecular weight excluding hydrogens is 755 g/mol. The van der Waals surface area contributed by atoms with Gasteiger partial charge in [-0.3, -0.25) is 9.36 Å². The molecule has 0 aromatic heterocycles. The van der Waals surface area contributed by atoms with Gasteiger partial charge in [0.15, 0.2) is 6.29 Å². The van der Waals surface area contributed by atoms with Gasteiger partial charge < -0.3 is 43.4 Å². The van der Waals surface area contributed by atoms with Gasteiger partial charge in [0.2, 0.25) is 5.91 Å². The number of carbonyl (C=O) groups is 1. The van der Waals surface area contributed by atoms with Crippen LogP contribution in [0, 0.1) is 0 Å². The maximum atomic E-state index is 13.3. The topological polar surface area (TPSA) is 147 Å². The highest BCUT2D eigenvalue weighted by Crippen LogP contribution is 2.38. The Morgan fingerprint density at radius 3 is 1.50 bits per heavy atom. The minimum absolute atomic E-state index is 0.0283. The summed E-state index contributed by atoms with van der Waals surface area (Å²) in [5.74, 6) is -0.197. The maximum absolute atomic E-state index is 13.3. The first kappa shape index (κ1) is 55.4. The molecule has 0 spiro atoms. The monoisotopic (exact) mass is 849 g/mol. The summed E-state index contributed by atoms with van der Waals surface area (Å²) in [5.41, 5.74) is 0.